The number of aromatic nitrogens is 2. The van der Waals surface area contributed by atoms with E-state index in [9.17, 15) is 4.79 Å². The summed E-state index contributed by atoms with van der Waals surface area (Å²) in [6.45, 7) is 0. The predicted molar refractivity (Wildman–Crippen MR) is 107 cm³/mol. The average Bonchev–Trinajstić information content (AvgIpc) is 2.99. The van der Waals surface area contributed by atoms with Gasteiger partial charge in [0.2, 0.25) is 0 Å². The SMILES string of the molecule is Cn1cc(Br)c(C(=O)NN=Cc2c3ccccc3cc3ccccc23)n1. The van der Waals surface area contributed by atoms with Crippen LogP contribution in [-0.4, -0.2) is 21.9 Å². The first-order valence-electron chi connectivity index (χ1n) is 8.06. The minimum atomic E-state index is -0.363. The molecule has 0 aliphatic rings. The van der Waals surface area contributed by atoms with Crippen molar-refractivity contribution in [3.8, 4) is 0 Å². The van der Waals surface area contributed by atoms with Gasteiger partial charge in [0.1, 0.15) is 0 Å². The second-order valence-corrected chi connectivity index (χ2v) is 6.79. The van der Waals surface area contributed by atoms with E-state index in [0.29, 0.717) is 10.2 Å². The molecule has 0 spiro atoms. The average molecular weight is 407 g/mol. The lowest BCUT2D eigenvalue weighted by atomic mass is 9.97. The molecule has 1 heterocycles. The molecule has 0 radical (unpaired) electrons. The number of fused-ring (bicyclic) bond motifs is 2. The number of benzene rings is 3. The first kappa shape index (κ1) is 16.5. The normalized spacial score (nSPS) is 11.5. The summed E-state index contributed by atoms with van der Waals surface area (Å²) in [5.41, 5.74) is 3.83. The summed E-state index contributed by atoms with van der Waals surface area (Å²) in [4.78, 5) is 12.3. The van der Waals surface area contributed by atoms with Crippen LogP contribution in [0.5, 0.6) is 0 Å². The van der Waals surface area contributed by atoms with Crippen LogP contribution in [0.25, 0.3) is 21.5 Å². The number of halogens is 1. The minimum Gasteiger partial charge on any atom is -0.274 e. The van der Waals surface area contributed by atoms with Crippen molar-refractivity contribution in [3.63, 3.8) is 0 Å². The Bertz CT molecular complexity index is 1110. The van der Waals surface area contributed by atoms with E-state index in [1.54, 1.807) is 24.1 Å². The quantitative estimate of drug-likeness (QED) is 0.314. The highest BCUT2D eigenvalue weighted by atomic mass is 79.9. The van der Waals surface area contributed by atoms with Gasteiger partial charge in [0.25, 0.3) is 5.91 Å². The standard InChI is InChI=1S/C20H15BrN4O/c1-25-12-18(21)19(24-25)20(26)23-22-11-17-15-8-4-2-6-13(15)10-14-7-3-5-9-16(14)17/h2-12H,1H3,(H,23,26). The Morgan fingerprint density at radius 3 is 2.31 bits per heavy atom. The van der Waals surface area contributed by atoms with E-state index in [2.05, 4.69) is 61.9 Å². The maximum absolute atomic E-state index is 12.3. The van der Waals surface area contributed by atoms with Crippen molar-refractivity contribution in [2.24, 2.45) is 12.1 Å². The molecule has 0 saturated carbocycles. The molecule has 4 rings (SSSR count). The number of nitrogens with one attached hydrogen (secondary N) is 1. The molecule has 5 nitrogen and oxygen atoms in total. The number of rotatable bonds is 3. The van der Waals surface area contributed by atoms with Gasteiger partial charge in [-0.3, -0.25) is 9.48 Å². The lowest BCUT2D eigenvalue weighted by Crippen LogP contribution is -2.19. The fraction of sp³-hybridized carbons (Fsp3) is 0.0500. The van der Waals surface area contributed by atoms with Crippen LogP contribution in [-0.2, 0) is 7.05 Å². The van der Waals surface area contributed by atoms with Gasteiger partial charge in [0.05, 0.1) is 10.7 Å². The molecule has 0 bridgehead atoms. The summed E-state index contributed by atoms with van der Waals surface area (Å²) in [6, 6.07) is 18.4. The van der Waals surface area contributed by atoms with Crippen molar-refractivity contribution >= 4 is 49.6 Å². The maximum atomic E-state index is 12.3. The van der Waals surface area contributed by atoms with Crippen LogP contribution < -0.4 is 5.43 Å². The number of aryl methyl sites for hydroxylation is 1. The zero-order valence-electron chi connectivity index (χ0n) is 14.0. The van der Waals surface area contributed by atoms with Crippen LogP contribution in [0.1, 0.15) is 16.1 Å². The molecule has 0 fully saturated rings. The van der Waals surface area contributed by atoms with Crippen molar-refractivity contribution in [2.75, 3.05) is 0 Å². The van der Waals surface area contributed by atoms with Crippen LogP contribution in [0.3, 0.4) is 0 Å². The molecule has 1 amide bonds. The van der Waals surface area contributed by atoms with Crippen LogP contribution in [0, 0.1) is 0 Å². The molecule has 128 valence electrons. The number of hydrogen-bond acceptors (Lipinski definition) is 3. The van der Waals surface area contributed by atoms with Crippen LogP contribution in [0.2, 0.25) is 0 Å². The third kappa shape index (κ3) is 2.99. The first-order valence-corrected chi connectivity index (χ1v) is 8.86. The Morgan fingerprint density at radius 2 is 1.73 bits per heavy atom. The third-order valence-corrected chi connectivity index (χ3v) is 4.75. The maximum Gasteiger partial charge on any atom is 0.293 e. The van der Waals surface area contributed by atoms with E-state index in [4.69, 9.17) is 0 Å². The molecule has 6 heteroatoms. The Balaban J connectivity index is 1.72. The number of hydrogen-bond donors (Lipinski definition) is 1. The van der Waals surface area contributed by atoms with Crippen molar-refractivity contribution in [3.05, 3.63) is 76.5 Å². The van der Waals surface area contributed by atoms with Crippen molar-refractivity contribution < 1.29 is 4.79 Å². The van der Waals surface area contributed by atoms with Crippen molar-refractivity contribution in [1.29, 1.82) is 0 Å². The van der Waals surface area contributed by atoms with Gasteiger partial charge in [0, 0.05) is 18.8 Å². The van der Waals surface area contributed by atoms with Gasteiger partial charge in [-0.05, 0) is 43.5 Å². The highest BCUT2D eigenvalue weighted by Gasteiger charge is 2.13. The second kappa shape index (κ2) is 6.72. The minimum absolute atomic E-state index is 0.299. The zero-order valence-corrected chi connectivity index (χ0v) is 15.6. The number of amides is 1. The third-order valence-electron chi connectivity index (χ3n) is 4.17. The topological polar surface area (TPSA) is 59.3 Å². The summed E-state index contributed by atoms with van der Waals surface area (Å²) < 4.78 is 2.20. The van der Waals surface area contributed by atoms with Crippen LogP contribution >= 0.6 is 15.9 Å². The molecule has 0 saturated heterocycles. The van der Waals surface area contributed by atoms with E-state index >= 15 is 0 Å². The fourth-order valence-corrected chi connectivity index (χ4v) is 3.57. The Morgan fingerprint density at radius 1 is 1.12 bits per heavy atom. The van der Waals surface area contributed by atoms with Gasteiger partial charge in [-0.1, -0.05) is 48.5 Å². The van der Waals surface area contributed by atoms with Gasteiger partial charge >= 0.3 is 0 Å². The molecule has 0 aliphatic heterocycles. The summed E-state index contributed by atoms with van der Waals surface area (Å²) in [5, 5.41) is 12.7. The predicted octanol–water partition coefficient (Wildman–Crippen LogP) is 4.25. The number of nitrogens with zero attached hydrogens (tertiary/aromatic N) is 3. The lowest BCUT2D eigenvalue weighted by molar-refractivity contribution is 0.0948. The largest absolute Gasteiger partial charge is 0.293 e. The van der Waals surface area contributed by atoms with Gasteiger partial charge in [-0.15, -0.1) is 0 Å². The van der Waals surface area contributed by atoms with E-state index < -0.39 is 0 Å². The van der Waals surface area contributed by atoms with E-state index in [1.165, 1.54) is 0 Å². The van der Waals surface area contributed by atoms with E-state index in [-0.39, 0.29) is 5.91 Å². The molecule has 1 N–H and O–H groups in total. The number of carbonyl (C=O) groups excluding carboxylic acids is 1. The second-order valence-electron chi connectivity index (χ2n) is 5.93. The van der Waals surface area contributed by atoms with Gasteiger partial charge in [-0.25, -0.2) is 5.43 Å². The first-order chi connectivity index (χ1) is 12.6. The van der Waals surface area contributed by atoms with E-state index in [0.717, 1.165) is 27.1 Å². The summed E-state index contributed by atoms with van der Waals surface area (Å²) in [7, 11) is 1.76. The molecule has 26 heavy (non-hydrogen) atoms. The Kier molecular flexibility index (Phi) is 4.26. The van der Waals surface area contributed by atoms with Crippen LogP contribution in [0.15, 0.2) is 70.4 Å². The molecular weight excluding hydrogens is 392 g/mol. The van der Waals surface area contributed by atoms with E-state index in [1.807, 2.05) is 24.3 Å². The molecule has 0 unspecified atom stereocenters. The smallest absolute Gasteiger partial charge is 0.274 e. The van der Waals surface area contributed by atoms with Crippen LogP contribution in [0.4, 0.5) is 0 Å². The highest BCUT2D eigenvalue weighted by molar-refractivity contribution is 9.10. The summed E-state index contributed by atoms with van der Waals surface area (Å²) >= 11 is 3.32. The van der Waals surface area contributed by atoms with Crippen molar-refractivity contribution in [2.45, 2.75) is 0 Å². The van der Waals surface area contributed by atoms with Gasteiger partial charge in [0.15, 0.2) is 5.69 Å². The zero-order chi connectivity index (χ0) is 18.1. The molecule has 0 atom stereocenters. The summed E-state index contributed by atoms with van der Waals surface area (Å²) in [5.74, 6) is -0.363. The fourth-order valence-electron chi connectivity index (χ4n) is 3.01. The molecule has 1 aromatic heterocycles. The monoisotopic (exact) mass is 406 g/mol. The molecule has 4 aromatic rings. The van der Waals surface area contributed by atoms with Gasteiger partial charge < -0.3 is 0 Å². The highest BCUT2D eigenvalue weighted by Crippen LogP contribution is 2.27. The lowest BCUT2D eigenvalue weighted by Gasteiger charge is -2.07. The molecule has 3 aromatic carbocycles. The molecular formula is C20H15BrN4O. The summed E-state index contributed by atoms with van der Waals surface area (Å²) in [6.07, 6.45) is 3.41. The number of hydrazone groups is 1. The molecule has 0 aliphatic carbocycles. The Hall–Kier alpha value is -2.99. The number of carbonyl (C=O) groups is 1. The van der Waals surface area contributed by atoms with Gasteiger partial charge in [-0.2, -0.15) is 10.2 Å². The van der Waals surface area contributed by atoms with Crippen molar-refractivity contribution in [1.82, 2.24) is 15.2 Å². The Labute approximate surface area is 158 Å².